The fraction of sp³-hybridized carbons (Fsp3) is 0.154. The maximum atomic E-state index is 11.7. The Morgan fingerprint density at radius 2 is 2.00 bits per heavy atom. The number of anilines is 1. The van der Waals surface area contributed by atoms with Gasteiger partial charge in [-0.05, 0) is 12.0 Å². The Morgan fingerprint density at radius 1 is 1.26 bits per heavy atom. The second kappa shape index (κ2) is 5.81. The molecule has 0 atom stereocenters. The normalized spacial score (nSPS) is 10.1. The molecule has 19 heavy (non-hydrogen) atoms. The number of carbonyl (C=O) groups excluding carboxylic acids is 1. The molecule has 0 aliphatic heterocycles. The first kappa shape index (κ1) is 12.8. The van der Waals surface area contributed by atoms with Crippen LogP contribution in [0.5, 0.6) is 0 Å². The molecule has 0 bridgehead atoms. The fourth-order valence-corrected chi connectivity index (χ4v) is 1.65. The van der Waals surface area contributed by atoms with Gasteiger partial charge in [0.1, 0.15) is 11.4 Å². The molecule has 1 heterocycles. The van der Waals surface area contributed by atoms with E-state index in [-0.39, 0.29) is 23.7 Å². The van der Waals surface area contributed by atoms with Crippen LogP contribution >= 0.6 is 0 Å². The predicted molar refractivity (Wildman–Crippen MR) is 68.9 cm³/mol. The highest BCUT2D eigenvalue weighted by Gasteiger charge is 2.14. The molecule has 0 unspecified atom stereocenters. The van der Waals surface area contributed by atoms with Gasteiger partial charge in [-0.15, -0.1) is 0 Å². The number of amides is 1. The van der Waals surface area contributed by atoms with Gasteiger partial charge in [0.15, 0.2) is 0 Å². The van der Waals surface area contributed by atoms with E-state index < -0.39 is 5.97 Å². The average molecular weight is 259 g/mol. The molecule has 0 aliphatic carbocycles. The Bertz CT molecular complexity index is 578. The highest BCUT2D eigenvalue weighted by atomic mass is 16.4. The zero-order chi connectivity index (χ0) is 13.7. The molecule has 0 fully saturated rings. The van der Waals surface area contributed by atoms with Gasteiger partial charge in [0.05, 0.1) is 6.20 Å². The van der Waals surface area contributed by atoms with Crippen LogP contribution in [0.15, 0.2) is 36.5 Å². The third-order valence-electron chi connectivity index (χ3n) is 2.62. The molecule has 0 radical (unpaired) electrons. The molecule has 1 amide bonds. The number of carboxylic acid groups (broad SMARTS) is 1. The van der Waals surface area contributed by atoms with Crippen LogP contribution in [-0.4, -0.2) is 27.2 Å². The maximum absolute atomic E-state index is 11.7. The monoisotopic (exact) mass is 259 g/mol. The standard InChI is InChI=1S/C13H13N3O3/c17-11(7-6-9-4-2-1-3-5-9)15-12-10(13(18)19)8-14-16-12/h1-5,8H,6-7H2,(H,18,19)(H2,14,15,16,17). The van der Waals surface area contributed by atoms with Crippen LogP contribution in [-0.2, 0) is 11.2 Å². The van der Waals surface area contributed by atoms with Gasteiger partial charge in [0.2, 0.25) is 5.91 Å². The molecule has 2 aromatic rings. The number of hydrogen-bond donors (Lipinski definition) is 3. The summed E-state index contributed by atoms with van der Waals surface area (Å²) in [5, 5.41) is 17.4. The van der Waals surface area contributed by atoms with Crippen molar-refractivity contribution >= 4 is 17.7 Å². The number of nitrogens with zero attached hydrogens (tertiary/aromatic N) is 1. The van der Waals surface area contributed by atoms with Gasteiger partial charge in [-0.25, -0.2) is 4.79 Å². The number of carbonyl (C=O) groups is 2. The van der Waals surface area contributed by atoms with Crippen molar-refractivity contribution in [2.24, 2.45) is 0 Å². The van der Waals surface area contributed by atoms with E-state index in [4.69, 9.17) is 5.11 Å². The first-order valence-electron chi connectivity index (χ1n) is 5.77. The Balaban J connectivity index is 1.91. The van der Waals surface area contributed by atoms with Crippen molar-refractivity contribution in [1.82, 2.24) is 10.2 Å². The van der Waals surface area contributed by atoms with Crippen LogP contribution in [0.4, 0.5) is 5.82 Å². The largest absolute Gasteiger partial charge is 0.477 e. The summed E-state index contributed by atoms with van der Waals surface area (Å²) >= 11 is 0. The fourth-order valence-electron chi connectivity index (χ4n) is 1.65. The summed E-state index contributed by atoms with van der Waals surface area (Å²) in [6.45, 7) is 0. The lowest BCUT2D eigenvalue weighted by Gasteiger charge is -2.04. The number of aryl methyl sites for hydroxylation is 1. The molecule has 1 aromatic heterocycles. The van der Waals surface area contributed by atoms with E-state index in [1.54, 1.807) is 0 Å². The SMILES string of the molecule is O=C(CCc1ccccc1)Nc1[nH]ncc1C(=O)O. The van der Waals surface area contributed by atoms with Gasteiger partial charge in [-0.3, -0.25) is 9.89 Å². The summed E-state index contributed by atoms with van der Waals surface area (Å²) in [7, 11) is 0. The van der Waals surface area contributed by atoms with E-state index in [0.29, 0.717) is 6.42 Å². The molecule has 0 spiro atoms. The van der Waals surface area contributed by atoms with Gasteiger partial charge in [-0.2, -0.15) is 5.10 Å². The summed E-state index contributed by atoms with van der Waals surface area (Å²) in [6, 6.07) is 9.60. The first-order valence-corrected chi connectivity index (χ1v) is 5.77. The molecule has 6 nitrogen and oxygen atoms in total. The summed E-state index contributed by atoms with van der Waals surface area (Å²) < 4.78 is 0. The Morgan fingerprint density at radius 3 is 2.68 bits per heavy atom. The predicted octanol–water partition coefficient (Wildman–Crippen LogP) is 1.68. The molecular formula is C13H13N3O3. The number of nitrogens with one attached hydrogen (secondary N) is 2. The molecule has 0 saturated heterocycles. The number of aromatic amines is 1. The van der Waals surface area contributed by atoms with Crippen molar-refractivity contribution in [3.63, 3.8) is 0 Å². The van der Waals surface area contributed by atoms with Gasteiger partial charge in [0, 0.05) is 6.42 Å². The minimum atomic E-state index is -1.13. The van der Waals surface area contributed by atoms with Crippen LogP contribution in [0.1, 0.15) is 22.3 Å². The number of aromatic carboxylic acids is 1. The quantitative estimate of drug-likeness (QED) is 0.761. The minimum Gasteiger partial charge on any atom is -0.477 e. The number of H-pyrrole nitrogens is 1. The van der Waals surface area contributed by atoms with Crippen molar-refractivity contribution in [2.75, 3.05) is 5.32 Å². The van der Waals surface area contributed by atoms with Crippen LogP contribution in [0.2, 0.25) is 0 Å². The Kier molecular flexibility index (Phi) is 3.92. The van der Waals surface area contributed by atoms with Crippen LogP contribution < -0.4 is 5.32 Å². The molecule has 1 aromatic carbocycles. The molecule has 0 aliphatic rings. The van der Waals surface area contributed by atoms with Crippen molar-refractivity contribution in [1.29, 1.82) is 0 Å². The highest BCUT2D eigenvalue weighted by Crippen LogP contribution is 2.11. The van der Waals surface area contributed by atoms with E-state index in [0.717, 1.165) is 11.8 Å². The van der Waals surface area contributed by atoms with Gasteiger partial charge < -0.3 is 10.4 Å². The number of rotatable bonds is 5. The number of hydrogen-bond acceptors (Lipinski definition) is 3. The van der Waals surface area contributed by atoms with Crippen molar-refractivity contribution < 1.29 is 14.7 Å². The summed E-state index contributed by atoms with van der Waals surface area (Å²) in [5.41, 5.74) is 1.01. The number of carboxylic acids is 1. The topological polar surface area (TPSA) is 95.1 Å². The molecule has 6 heteroatoms. The van der Waals surface area contributed by atoms with Crippen LogP contribution in [0.25, 0.3) is 0 Å². The lowest BCUT2D eigenvalue weighted by Crippen LogP contribution is -2.14. The molecular weight excluding hydrogens is 246 g/mol. The van der Waals surface area contributed by atoms with Crippen molar-refractivity contribution in [3.8, 4) is 0 Å². The van der Waals surface area contributed by atoms with Crippen molar-refractivity contribution in [2.45, 2.75) is 12.8 Å². The molecule has 0 saturated carbocycles. The third kappa shape index (κ3) is 3.41. The molecule has 3 N–H and O–H groups in total. The third-order valence-corrected chi connectivity index (χ3v) is 2.62. The lowest BCUT2D eigenvalue weighted by atomic mass is 10.1. The van der Waals surface area contributed by atoms with E-state index in [9.17, 15) is 9.59 Å². The first-order chi connectivity index (χ1) is 9.16. The molecule has 98 valence electrons. The van der Waals surface area contributed by atoms with E-state index in [2.05, 4.69) is 15.5 Å². The number of benzene rings is 1. The number of aromatic nitrogens is 2. The van der Waals surface area contributed by atoms with Gasteiger partial charge in [0.25, 0.3) is 0 Å². The highest BCUT2D eigenvalue weighted by molar-refractivity contribution is 5.99. The van der Waals surface area contributed by atoms with Crippen molar-refractivity contribution in [3.05, 3.63) is 47.7 Å². The lowest BCUT2D eigenvalue weighted by molar-refractivity contribution is -0.116. The maximum Gasteiger partial charge on any atom is 0.341 e. The smallest absolute Gasteiger partial charge is 0.341 e. The van der Waals surface area contributed by atoms with Gasteiger partial charge >= 0.3 is 5.97 Å². The second-order valence-electron chi connectivity index (χ2n) is 4.00. The van der Waals surface area contributed by atoms with Gasteiger partial charge in [-0.1, -0.05) is 30.3 Å². The summed E-state index contributed by atoms with van der Waals surface area (Å²) in [4.78, 5) is 22.5. The van der Waals surface area contributed by atoms with Crippen LogP contribution in [0, 0.1) is 0 Å². The Labute approximate surface area is 109 Å². The Hall–Kier alpha value is -2.63. The van der Waals surface area contributed by atoms with Crippen LogP contribution in [0.3, 0.4) is 0 Å². The molecule has 2 rings (SSSR count). The van der Waals surface area contributed by atoms with E-state index >= 15 is 0 Å². The zero-order valence-corrected chi connectivity index (χ0v) is 10.1. The van der Waals surface area contributed by atoms with E-state index in [1.165, 1.54) is 0 Å². The minimum absolute atomic E-state index is 0.0481. The average Bonchev–Trinajstić information content (AvgIpc) is 2.86. The summed E-state index contributed by atoms with van der Waals surface area (Å²) in [6.07, 6.45) is 2.04. The van der Waals surface area contributed by atoms with E-state index in [1.807, 2.05) is 30.3 Å². The summed E-state index contributed by atoms with van der Waals surface area (Å²) in [5.74, 6) is -1.27. The zero-order valence-electron chi connectivity index (χ0n) is 10.1. The second-order valence-corrected chi connectivity index (χ2v) is 4.00.